The molecule has 1 fully saturated rings. The smallest absolute Gasteiger partial charge is 0.262 e. The van der Waals surface area contributed by atoms with Crippen molar-refractivity contribution in [3.63, 3.8) is 0 Å². The number of aromatic nitrogens is 2. The summed E-state index contributed by atoms with van der Waals surface area (Å²) in [6, 6.07) is 10.2. The summed E-state index contributed by atoms with van der Waals surface area (Å²) in [7, 11) is 0. The molecule has 2 aromatic heterocycles. The Morgan fingerprint density at radius 1 is 0.970 bits per heavy atom. The molecular formula is C25H30N4O3S. The van der Waals surface area contributed by atoms with Gasteiger partial charge in [0.25, 0.3) is 5.56 Å². The van der Waals surface area contributed by atoms with E-state index in [0.717, 1.165) is 28.1 Å². The van der Waals surface area contributed by atoms with E-state index in [1.165, 1.54) is 21.5 Å². The van der Waals surface area contributed by atoms with Gasteiger partial charge >= 0.3 is 0 Å². The lowest BCUT2D eigenvalue weighted by molar-refractivity contribution is -0.139. The molecule has 4 rings (SSSR count). The number of benzene rings is 1. The lowest BCUT2D eigenvalue weighted by Crippen LogP contribution is -2.50. The van der Waals surface area contributed by atoms with Crippen LogP contribution in [-0.2, 0) is 22.6 Å². The second-order valence-electron chi connectivity index (χ2n) is 8.56. The van der Waals surface area contributed by atoms with Crippen molar-refractivity contribution in [1.82, 2.24) is 19.4 Å². The van der Waals surface area contributed by atoms with Crippen molar-refractivity contribution in [3.05, 3.63) is 63.0 Å². The van der Waals surface area contributed by atoms with Crippen LogP contribution in [0.2, 0.25) is 0 Å². The highest BCUT2D eigenvalue weighted by Gasteiger charge is 2.24. The quantitative estimate of drug-likeness (QED) is 0.536. The van der Waals surface area contributed by atoms with E-state index in [9.17, 15) is 14.4 Å². The highest BCUT2D eigenvalue weighted by atomic mass is 32.1. The fraction of sp³-hybridized carbons (Fsp3) is 0.440. The first kappa shape index (κ1) is 23.2. The Labute approximate surface area is 197 Å². The summed E-state index contributed by atoms with van der Waals surface area (Å²) in [5.74, 6) is 0.168. The summed E-state index contributed by atoms with van der Waals surface area (Å²) >= 11 is 1.52. The van der Waals surface area contributed by atoms with E-state index in [-0.39, 0.29) is 23.8 Å². The molecular weight excluding hydrogens is 436 g/mol. The largest absolute Gasteiger partial charge is 0.339 e. The van der Waals surface area contributed by atoms with Crippen molar-refractivity contribution in [1.29, 1.82) is 0 Å². The standard InChI is InChI=1S/C25H30N4O3S/c1-18-19(2)33-24-23(18)25(32)29(17-26-24)12-11-22(31)28-15-13-27(14-16-28)21(30)10-6-9-20-7-4-3-5-8-20/h3-5,7-8,17H,6,9-16H2,1-2H3. The van der Waals surface area contributed by atoms with Gasteiger partial charge in [-0.3, -0.25) is 19.0 Å². The first-order valence-corrected chi connectivity index (χ1v) is 12.3. The lowest BCUT2D eigenvalue weighted by Gasteiger charge is -2.35. The Bertz CT molecular complexity index is 1190. The summed E-state index contributed by atoms with van der Waals surface area (Å²) in [5, 5.41) is 0.659. The molecule has 1 aromatic carbocycles. The van der Waals surface area contributed by atoms with Gasteiger partial charge in [0.1, 0.15) is 4.83 Å². The van der Waals surface area contributed by atoms with E-state index in [2.05, 4.69) is 17.1 Å². The molecule has 1 aliphatic rings. The van der Waals surface area contributed by atoms with Crippen molar-refractivity contribution in [2.24, 2.45) is 0 Å². The summed E-state index contributed by atoms with van der Waals surface area (Å²) in [5.41, 5.74) is 2.14. The Morgan fingerprint density at radius 2 is 1.61 bits per heavy atom. The molecule has 3 heterocycles. The topological polar surface area (TPSA) is 75.5 Å². The van der Waals surface area contributed by atoms with Crippen molar-refractivity contribution in [2.45, 2.75) is 46.1 Å². The van der Waals surface area contributed by atoms with Crippen LogP contribution in [0.3, 0.4) is 0 Å². The predicted molar refractivity (Wildman–Crippen MR) is 131 cm³/mol. The number of carbonyl (C=O) groups excluding carboxylic acids is 2. The van der Waals surface area contributed by atoms with E-state index in [4.69, 9.17) is 0 Å². The third-order valence-corrected chi connectivity index (χ3v) is 7.52. The highest BCUT2D eigenvalue weighted by molar-refractivity contribution is 7.18. The molecule has 1 aliphatic heterocycles. The van der Waals surface area contributed by atoms with Gasteiger partial charge in [0.15, 0.2) is 0 Å². The van der Waals surface area contributed by atoms with Gasteiger partial charge in [0.05, 0.1) is 11.7 Å². The van der Waals surface area contributed by atoms with Gasteiger partial charge in [-0.15, -0.1) is 11.3 Å². The molecule has 174 valence electrons. The van der Waals surface area contributed by atoms with E-state index < -0.39 is 0 Å². The van der Waals surface area contributed by atoms with Crippen LogP contribution in [0.15, 0.2) is 41.5 Å². The molecule has 0 unspecified atom stereocenters. The van der Waals surface area contributed by atoms with Crippen LogP contribution >= 0.6 is 11.3 Å². The van der Waals surface area contributed by atoms with E-state index in [1.807, 2.05) is 36.9 Å². The van der Waals surface area contributed by atoms with Gasteiger partial charge in [-0.25, -0.2) is 4.98 Å². The number of carbonyl (C=O) groups is 2. The molecule has 7 nitrogen and oxygen atoms in total. The minimum Gasteiger partial charge on any atom is -0.339 e. The molecule has 0 N–H and O–H groups in total. The number of piperazine rings is 1. The van der Waals surface area contributed by atoms with Crippen LogP contribution in [-0.4, -0.2) is 57.3 Å². The highest BCUT2D eigenvalue weighted by Crippen LogP contribution is 2.25. The first-order valence-electron chi connectivity index (χ1n) is 11.5. The van der Waals surface area contributed by atoms with Crippen LogP contribution in [0.1, 0.15) is 35.3 Å². The second-order valence-corrected chi connectivity index (χ2v) is 9.76. The molecule has 1 saturated heterocycles. The number of thiophene rings is 1. The number of hydrogen-bond donors (Lipinski definition) is 0. The molecule has 0 spiro atoms. The Hall–Kier alpha value is -3.00. The first-order chi connectivity index (χ1) is 15.9. The van der Waals surface area contributed by atoms with Gasteiger partial charge in [0, 0.05) is 50.4 Å². The maximum absolute atomic E-state index is 12.8. The molecule has 0 aliphatic carbocycles. The van der Waals surface area contributed by atoms with Gasteiger partial charge < -0.3 is 9.80 Å². The monoisotopic (exact) mass is 466 g/mol. The van der Waals surface area contributed by atoms with Crippen LogP contribution in [0.5, 0.6) is 0 Å². The van der Waals surface area contributed by atoms with Gasteiger partial charge in [-0.2, -0.15) is 0 Å². The lowest BCUT2D eigenvalue weighted by atomic mass is 10.1. The zero-order valence-electron chi connectivity index (χ0n) is 19.2. The van der Waals surface area contributed by atoms with Crippen LogP contribution in [0.25, 0.3) is 10.2 Å². The van der Waals surface area contributed by atoms with E-state index in [0.29, 0.717) is 44.5 Å². The second kappa shape index (κ2) is 10.3. The molecule has 0 bridgehead atoms. The Kier molecular flexibility index (Phi) is 7.23. The summed E-state index contributed by atoms with van der Waals surface area (Å²) < 4.78 is 1.53. The third kappa shape index (κ3) is 5.33. The molecule has 8 heteroatoms. The Morgan fingerprint density at radius 3 is 2.27 bits per heavy atom. The SMILES string of the molecule is Cc1sc2ncn(CCC(=O)N3CCN(C(=O)CCCc4ccccc4)CC3)c(=O)c2c1C. The summed E-state index contributed by atoms with van der Waals surface area (Å²) in [6.45, 7) is 6.45. The predicted octanol–water partition coefficient (Wildman–Crippen LogP) is 3.16. The molecule has 0 saturated carbocycles. The molecule has 3 aromatic rings. The number of rotatable bonds is 7. The van der Waals surface area contributed by atoms with Crippen molar-refractivity contribution >= 4 is 33.4 Å². The third-order valence-electron chi connectivity index (χ3n) is 6.41. The summed E-state index contributed by atoms with van der Waals surface area (Å²) in [6.07, 6.45) is 4.05. The van der Waals surface area contributed by atoms with Crippen LogP contribution in [0.4, 0.5) is 0 Å². The summed E-state index contributed by atoms with van der Waals surface area (Å²) in [4.78, 5) is 47.9. The van der Waals surface area contributed by atoms with Crippen molar-refractivity contribution in [2.75, 3.05) is 26.2 Å². The minimum atomic E-state index is -0.0828. The zero-order chi connectivity index (χ0) is 23.4. The average Bonchev–Trinajstić information content (AvgIpc) is 3.13. The fourth-order valence-electron chi connectivity index (χ4n) is 4.26. The van der Waals surface area contributed by atoms with E-state index >= 15 is 0 Å². The zero-order valence-corrected chi connectivity index (χ0v) is 20.1. The normalized spacial score (nSPS) is 14.1. The number of aryl methyl sites for hydroxylation is 4. The Balaban J connectivity index is 1.24. The molecule has 33 heavy (non-hydrogen) atoms. The van der Waals surface area contributed by atoms with E-state index in [1.54, 1.807) is 11.2 Å². The minimum absolute atomic E-state index is 0.0106. The van der Waals surface area contributed by atoms with Gasteiger partial charge in [0.2, 0.25) is 11.8 Å². The van der Waals surface area contributed by atoms with Gasteiger partial charge in [-0.1, -0.05) is 30.3 Å². The molecule has 2 amide bonds. The van der Waals surface area contributed by atoms with Gasteiger partial charge in [-0.05, 0) is 37.8 Å². The van der Waals surface area contributed by atoms with Crippen LogP contribution in [0, 0.1) is 13.8 Å². The molecule has 0 radical (unpaired) electrons. The van der Waals surface area contributed by atoms with Crippen LogP contribution < -0.4 is 5.56 Å². The fourth-order valence-corrected chi connectivity index (χ4v) is 5.24. The number of nitrogens with zero attached hydrogens (tertiary/aromatic N) is 4. The average molecular weight is 467 g/mol. The maximum atomic E-state index is 12.8. The molecule has 0 atom stereocenters. The van der Waals surface area contributed by atoms with Crippen molar-refractivity contribution < 1.29 is 9.59 Å². The number of hydrogen-bond acceptors (Lipinski definition) is 5. The number of fused-ring (bicyclic) bond motifs is 1. The number of amides is 2. The van der Waals surface area contributed by atoms with Crippen molar-refractivity contribution in [3.8, 4) is 0 Å². The maximum Gasteiger partial charge on any atom is 0.262 e.